The highest BCUT2D eigenvalue weighted by Gasteiger charge is 2.30. The monoisotopic (exact) mass is 476 g/mol. The molecule has 1 amide bonds. The quantitative estimate of drug-likeness (QED) is 0.530. The number of nitrogens with one attached hydrogen (secondary N) is 1. The molecule has 0 atom stereocenters. The third-order valence-corrected chi connectivity index (χ3v) is 5.59. The predicted molar refractivity (Wildman–Crippen MR) is 117 cm³/mol. The summed E-state index contributed by atoms with van der Waals surface area (Å²) in [4.78, 5) is 20.8. The van der Waals surface area contributed by atoms with E-state index in [-0.39, 0.29) is 5.56 Å². The lowest BCUT2D eigenvalue weighted by Crippen LogP contribution is -2.46. The van der Waals surface area contributed by atoms with E-state index in [1.54, 1.807) is 12.1 Å². The van der Waals surface area contributed by atoms with Crippen LogP contribution in [0.3, 0.4) is 0 Å². The molecule has 2 aromatic carbocycles. The first-order chi connectivity index (χ1) is 16.2. The Bertz CT molecular complexity index is 1140. The largest absolute Gasteiger partial charge is 0.416 e. The minimum Gasteiger partial charge on any atom is -0.354 e. The van der Waals surface area contributed by atoms with Crippen molar-refractivity contribution < 1.29 is 26.7 Å². The molecule has 1 fully saturated rings. The van der Waals surface area contributed by atoms with Crippen molar-refractivity contribution in [1.82, 2.24) is 9.88 Å². The minimum atomic E-state index is -4.46. The Morgan fingerprint density at radius 1 is 0.941 bits per heavy atom. The number of benzene rings is 2. The number of halogens is 5. The highest BCUT2D eigenvalue weighted by atomic mass is 19.4. The second-order valence-electron chi connectivity index (χ2n) is 7.93. The summed E-state index contributed by atoms with van der Waals surface area (Å²) in [5, 5.41) is 2.62. The maximum absolute atomic E-state index is 13.9. The van der Waals surface area contributed by atoms with Gasteiger partial charge in [-0.25, -0.2) is 13.8 Å². The number of anilines is 2. The third-order valence-electron chi connectivity index (χ3n) is 5.59. The lowest BCUT2D eigenvalue weighted by molar-refractivity contribution is -0.137. The highest BCUT2D eigenvalue weighted by molar-refractivity contribution is 6.04. The smallest absolute Gasteiger partial charge is 0.354 e. The lowest BCUT2D eigenvalue weighted by atomic mass is 10.1. The van der Waals surface area contributed by atoms with Gasteiger partial charge in [0, 0.05) is 49.9 Å². The van der Waals surface area contributed by atoms with Gasteiger partial charge in [0.15, 0.2) is 0 Å². The summed E-state index contributed by atoms with van der Waals surface area (Å²) in [6.07, 6.45) is -2.98. The SMILES string of the molecule is O=C(Nc1ccc(N2CCN(Cc3ccc(F)cc3F)CC2)nc1)c1ccc(C(F)(F)F)cc1. The number of pyridine rings is 1. The van der Waals surface area contributed by atoms with Crippen molar-refractivity contribution in [2.75, 3.05) is 36.4 Å². The van der Waals surface area contributed by atoms with Gasteiger partial charge in [0.1, 0.15) is 17.5 Å². The summed E-state index contributed by atoms with van der Waals surface area (Å²) >= 11 is 0. The molecule has 1 aliphatic heterocycles. The first-order valence-electron chi connectivity index (χ1n) is 10.5. The Labute approximate surface area is 192 Å². The number of hydrogen-bond donors (Lipinski definition) is 1. The van der Waals surface area contributed by atoms with Gasteiger partial charge in [0.05, 0.1) is 17.4 Å². The molecular formula is C24H21F5N4O. The molecule has 5 nitrogen and oxygen atoms in total. The number of amides is 1. The lowest BCUT2D eigenvalue weighted by Gasteiger charge is -2.35. The van der Waals surface area contributed by atoms with Crippen molar-refractivity contribution in [3.05, 3.63) is 89.1 Å². The van der Waals surface area contributed by atoms with Gasteiger partial charge in [-0.2, -0.15) is 13.2 Å². The van der Waals surface area contributed by atoms with Gasteiger partial charge in [-0.15, -0.1) is 0 Å². The molecule has 1 N–H and O–H groups in total. The average Bonchev–Trinajstić information content (AvgIpc) is 2.81. The second kappa shape index (κ2) is 9.76. The average molecular weight is 476 g/mol. The first kappa shape index (κ1) is 23.6. The molecule has 0 radical (unpaired) electrons. The van der Waals surface area contributed by atoms with Crippen LogP contribution in [0.4, 0.5) is 33.5 Å². The van der Waals surface area contributed by atoms with E-state index in [0.717, 1.165) is 30.3 Å². The molecule has 1 aliphatic rings. The van der Waals surface area contributed by atoms with Gasteiger partial charge >= 0.3 is 6.18 Å². The van der Waals surface area contributed by atoms with Crippen LogP contribution >= 0.6 is 0 Å². The van der Waals surface area contributed by atoms with Gasteiger partial charge in [-0.05, 0) is 42.5 Å². The molecule has 0 aliphatic carbocycles. The molecule has 3 aromatic rings. The van der Waals surface area contributed by atoms with Gasteiger partial charge in [-0.1, -0.05) is 6.07 Å². The van der Waals surface area contributed by atoms with Gasteiger partial charge in [-0.3, -0.25) is 9.69 Å². The molecule has 1 saturated heterocycles. The van der Waals surface area contributed by atoms with Gasteiger partial charge < -0.3 is 10.2 Å². The van der Waals surface area contributed by atoms with Crippen LogP contribution in [0, 0.1) is 11.6 Å². The Kier molecular flexibility index (Phi) is 6.78. The van der Waals surface area contributed by atoms with E-state index in [4.69, 9.17) is 0 Å². The molecule has 1 aromatic heterocycles. The molecule has 10 heteroatoms. The molecule has 0 saturated carbocycles. The van der Waals surface area contributed by atoms with Crippen LogP contribution in [-0.2, 0) is 12.7 Å². The summed E-state index contributed by atoms with van der Waals surface area (Å²) in [6, 6.07) is 11.0. The van der Waals surface area contributed by atoms with E-state index >= 15 is 0 Å². The molecule has 0 spiro atoms. The topological polar surface area (TPSA) is 48.5 Å². The third kappa shape index (κ3) is 5.69. The van der Waals surface area contributed by atoms with E-state index in [9.17, 15) is 26.7 Å². The van der Waals surface area contributed by atoms with Crippen molar-refractivity contribution in [2.24, 2.45) is 0 Å². The van der Waals surface area contributed by atoms with Crippen LogP contribution < -0.4 is 10.2 Å². The fraction of sp³-hybridized carbons (Fsp3) is 0.250. The fourth-order valence-electron chi connectivity index (χ4n) is 3.69. The molecular weight excluding hydrogens is 455 g/mol. The summed E-state index contributed by atoms with van der Waals surface area (Å²) in [6.45, 7) is 3.05. The Morgan fingerprint density at radius 3 is 2.24 bits per heavy atom. The molecule has 178 valence electrons. The number of alkyl halides is 3. The zero-order chi connectivity index (χ0) is 24.3. The normalized spacial score (nSPS) is 14.8. The van der Waals surface area contributed by atoms with Crippen molar-refractivity contribution in [1.29, 1.82) is 0 Å². The summed E-state index contributed by atoms with van der Waals surface area (Å²) in [7, 11) is 0. The summed E-state index contributed by atoms with van der Waals surface area (Å²) in [5.74, 6) is -0.987. The molecule has 34 heavy (non-hydrogen) atoms. The standard InChI is InChI=1S/C24H21F5N4O/c25-19-6-3-17(21(26)13-19)15-32-9-11-33(12-10-32)22-8-7-20(14-30-22)31-23(34)16-1-4-18(5-2-16)24(27,28)29/h1-8,13-14H,9-12,15H2,(H,31,34). The van der Waals surface area contributed by atoms with Crippen molar-refractivity contribution in [2.45, 2.75) is 12.7 Å². The van der Waals surface area contributed by atoms with Crippen LogP contribution in [0.2, 0.25) is 0 Å². The van der Waals surface area contributed by atoms with Crippen molar-refractivity contribution >= 4 is 17.4 Å². The van der Waals surface area contributed by atoms with Crippen molar-refractivity contribution in [3.63, 3.8) is 0 Å². The van der Waals surface area contributed by atoms with E-state index < -0.39 is 29.3 Å². The number of aromatic nitrogens is 1. The number of rotatable bonds is 5. The van der Waals surface area contributed by atoms with E-state index in [0.29, 0.717) is 49.8 Å². The van der Waals surface area contributed by atoms with Crippen LogP contribution in [0.1, 0.15) is 21.5 Å². The maximum atomic E-state index is 13.9. The van der Waals surface area contributed by atoms with Gasteiger partial charge in [0.25, 0.3) is 5.91 Å². The first-order valence-corrected chi connectivity index (χ1v) is 10.5. The van der Waals surface area contributed by atoms with Crippen LogP contribution in [0.15, 0.2) is 60.8 Å². The minimum absolute atomic E-state index is 0.103. The summed E-state index contributed by atoms with van der Waals surface area (Å²) in [5.41, 5.74) is 0.143. The van der Waals surface area contributed by atoms with Crippen LogP contribution in [-0.4, -0.2) is 42.0 Å². The van der Waals surface area contributed by atoms with E-state index in [2.05, 4.69) is 20.1 Å². The summed E-state index contributed by atoms with van der Waals surface area (Å²) < 4.78 is 65.0. The highest BCUT2D eigenvalue weighted by Crippen LogP contribution is 2.29. The fourth-order valence-corrected chi connectivity index (χ4v) is 3.69. The zero-order valence-electron chi connectivity index (χ0n) is 17.9. The predicted octanol–water partition coefficient (Wildman–Crippen LogP) is 4.95. The molecule has 0 bridgehead atoms. The number of nitrogens with zero attached hydrogens (tertiary/aromatic N) is 3. The zero-order valence-corrected chi connectivity index (χ0v) is 17.9. The molecule has 4 rings (SSSR count). The number of piperazine rings is 1. The molecule has 0 unspecified atom stereocenters. The maximum Gasteiger partial charge on any atom is 0.416 e. The number of carbonyl (C=O) groups excluding carboxylic acids is 1. The Hall–Kier alpha value is -3.53. The second-order valence-corrected chi connectivity index (χ2v) is 7.93. The number of carbonyl (C=O) groups is 1. The van der Waals surface area contributed by atoms with E-state index in [1.165, 1.54) is 18.3 Å². The Morgan fingerprint density at radius 2 is 1.65 bits per heavy atom. The van der Waals surface area contributed by atoms with E-state index in [1.807, 2.05) is 0 Å². The molecule has 2 heterocycles. The Balaban J connectivity index is 1.30. The van der Waals surface area contributed by atoms with Gasteiger partial charge in [0.2, 0.25) is 0 Å². The van der Waals surface area contributed by atoms with Crippen molar-refractivity contribution in [3.8, 4) is 0 Å². The van der Waals surface area contributed by atoms with Crippen LogP contribution in [0.25, 0.3) is 0 Å². The number of hydrogen-bond acceptors (Lipinski definition) is 4. The van der Waals surface area contributed by atoms with Crippen LogP contribution in [0.5, 0.6) is 0 Å².